The van der Waals surface area contributed by atoms with E-state index in [0.717, 1.165) is 3.57 Å². The van der Waals surface area contributed by atoms with Gasteiger partial charge in [0.05, 0.1) is 33.5 Å². The Labute approximate surface area is 151 Å². The van der Waals surface area contributed by atoms with Gasteiger partial charge < -0.3 is 20.1 Å². The summed E-state index contributed by atoms with van der Waals surface area (Å²) in [6.07, 6.45) is -0.349. The molecule has 3 atom stereocenters. The van der Waals surface area contributed by atoms with Crippen molar-refractivity contribution in [2.24, 2.45) is 0 Å². The first-order chi connectivity index (χ1) is 10.7. The molecule has 2 aliphatic heterocycles. The average Bonchev–Trinajstić information content (AvgIpc) is 2.96. The summed E-state index contributed by atoms with van der Waals surface area (Å²) >= 11 is 8.14. The number of hydrogen-bond acceptors (Lipinski definition) is 4. The molecule has 0 unspecified atom stereocenters. The van der Waals surface area contributed by atoms with Crippen LogP contribution in [0.1, 0.15) is 31.4 Å². The predicted molar refractivity (Wildman–Crippen MR) is 93.2 cm³/mol. The van der Waals surface area contributed by atoms with E-state index in [9.17, 15) is 15.3 Å². The van der Waals surface area contributed by atoms with Gasteiger partial charge >= 0.3 is 0 Å². The molecule has 2 bridgehead atoms. The quantitative estimate of drug-likeness (QED) is 0.586. The molecule has 3 N–H and O–H groups in total. The maximum absolute atomic E-state index is 10.7. The van der Waals surface area contributed by atoms with E-state index in [-0.39, 0.29) is 11.8 Å². The van der Waals surface area contributed by atoms with Gasteiger partial charge in [0.25, 0.3) is 0 Å². The van der Waals surface area contributed by atoms with Crippen molar-refractivity contribution in [3.05, 3.63) is 37.9 Å². The first-order valence-corrected chi connectivity index (χ1v) is 8.66. The molecular weight excluding hydrogens is 433 g/mol. The number of benzene rings is 1. The molecular formula is C16H15ClINO4. The molecule has 1 aromatic heterocycles. The third kappa shape index (κ3) is 1.80. The lowest BCUT2D eigenvalue weighted by Crippen LogP contribution is -2.32. The van der Waals surface area contributed by atoms with Crippen LogP contribution in [0, 0.1) is 3.57 Å². The van der Waals surface area contributed by atoms with Crippen LogP contribution in [0.5, 0.6) is 11.8 Å². The van der Waals surface area contributed by atoms with Gasteiger partial charge in [-0.05, 0) is 54.6 Å². The second-order valence-electron chi connectivity index (χ2n) is 6.49. The number of rotatable bonds is 1. The number of halogens is 2. The number of ether oxygens (including phenoxy) is 1. The Bertz CT molecular complexity index is 851. The van der Waals surface area contributed by atoms with Crippen LogP contribution < -0.4 is 0 Å². The number of hydrogen-bond donors (Lipinski definition) is 3. The molecule has 122 valence electrons. The summed E-state index contributed by atoms with van der Waals surface area (Å²) in [4.78, 5) is 0. The maximum Gasteiger partial charge on any atom is 0.205 e. The summed E-state index contributed by atoms with van der Waals surface area (Å²) in [6.45, 7) is 3.56. The highest BCUT2D eigenvalue weighted by Crippen LogP contribution is 2.64. The Morgan fingerprint density at radius 3 is 2.57 bits per heavy atom. The second-order valence-corrected chi connectivity index (χ2v) is 8.06. The van der Waals surface area contributed by atoms with E-state index >= 15 is 0 Å². The van der Waals surface area contributed by atoms with Crippen molar-refractivity contribution in [1.82, 2.24) is 4.57 Å². The third-order valence-electron chi connectivity index (χ3n) is 4.96. The highest BCUT2D eigenvalue weighted by molar-refractivity contribution is 14.1. The fourth-order valence-corrected chi connectivity index (χ4v) is 4.52. The highest BCUT2D eigenvalue weighted by Gasteiger charge is 2.64. The molecule has 2 aromatic rings. The van der Waals surface area contributed by atoms with Gasteiger partial charge in [0.2, 0.25) is 11.8 Å². The first kappa shape index (κ1) is 15.6. The van der Waals surface area contributed by atoms with Crippen molar-refractivity contribution in [3.63, 3.8) is 0 Å². The summed E-state index contributed by atoms with van der Waals surface area (Å²) in [6, 6.07) is 5.22. The minimum Gasteiger partial charge on any atom is -0.494 e. The zero-order valence-corrected chi connectivity index (χ0v) is 15.4. The molecule has 0 amide bonds. The largest absolute Gasteiger partial charge is 0.494 e. The molecule has 0 radical (unpaired) electrons. The minimum absolute atomic E-state index is 0.0613. The van der Waals surface area contributed by atoms with Crippen molar-refractivity contribution >= 4 is 34.2 Å². The molecule has 1 fully saturated rings. The van der Waals surface area contributed by atoms with Crippen LogP contribution in [0.3, 0.4) is 0 Å². The minimum atomic E-state index is -1.02. The molecule has 23 heavy (non-hydrogen) atoms. The zero-order valence-electron chi connectivity index (χ0n) is 12.5. The zero-order chi connectivity index (χ0) is 16.7. The molecule has 2 aliphatic rings. The maximum atomic E-state index is 10.7. The summed E-state index contributed by atoms with van der Waals surface area (Å²) in [5.41, 5.74) is -0.218. The van der Waals surface area contributed by atoms with Crippen LogP contribution in [0.2, 0.25) is 5.02 Å². The molecule has 0 aliphatic carbocycles. The Hall–Kier alpha value is -0.960. The number of aromatic nitrogens is 1. The number of fused-ring (bicyclic) bond motifs is 5. The van der Waals surface area contributed by atoms with Gasteiger partial charge in [0.15, 0.2) is 0 Å². The Morgan fingerprint density at radius 1 is 1.26 bits per heavy atom. The average molecular weight is 448 g/mol. The van der Waals surface area contributed by atoms with E-state index in [0.29, 0.717) is 28.3 Å². The van der Waals surface area contributed by atoms with Crippen LogP contribution >= 0.6 is 34.2 Å². The molecule has 0 spiro atoms. The van der Waals surface area contributed by atoms with Crippen molar-refractivity contribution in [2.75, 3.05) is 0 Å². The van der Waals surface area contributed by atoms with Gasteiger partial charge in [-0.3, -0.25) is 4.57 Å². The number of aromatic hydroxyl groups is 2. The monoisotopic (exact) mass is 447 g/mol. The summed E-state index contributed by atoms with van der Waals surface area (Å²) < 4.78 is 8.15. The Balaban J connectivity index is 2.00. The second kappa shape index (κ2) is 4.56. The first-order valence-electron chi connectivity index (χ1n) is 7.20. The summed E-state index contributed by atoms with van der Waals surface area (Å²) in [5, 5.41) is 32.4. The Morgan fingerprint density at radius 2 is 1.91 bits per heavy atom. The predicted octanol–water partition coefficient (Wildman–Crippen LogP) is 3.37. The number of aliphatic hydroxyl groups is 1. The lowest BCUT2D eigenvalue weighted by atomic mass is 9.78. The van der Waals surface area contributed by atoms with E-state index in [1.54, 1.807) is 25.1 Å². The smallest absolute Gasteiger partial charge is 0.205 e. The summed E-state index contributed by atoms with van der Waals surface area (Å²) in [5.74, 6) is -0.172. The lowest BCUT2D eigenvalue weighted by molar-refractivity contribution is -0.0936. The molecule has 1 aromatic carbocycles. The van der Waals surface area contributed by atoms with E-state index in [2.05, 4.69) is 22.6 Å². The van der Waals surface area contributed by atoms with Gasteiger partial charge in [-0.2, -0.15) is 0 Å². The SMILES string of the molecule is C[C@@]12O[C@@](C)(C[C@H]1O)c1c2c(O)n(-c2ccc(Cl)c(I)c2)c1O. The van der Waals surface area contributed by atoms with Crippen LogP contribution in [0.25, 0.3) is 5.69 Å². The molecule has 3 heterocycles. The van der Waals surface area contributed by atoms with Crippen molar-refractivity contribution in [3.8, 4) is 17.4 Å². The van der Waals surface area contributed by atoms with Gasteiger partial charge in [0, 0.05) is 9.99 Å². The molecule has 7 heteroatoms. The van der Waals surface area contributed by atoms with Crippen LogP contribution in [-0.4, -0.2) is 26.0 Å². The highest BCUT2D eigenvalue weighted by atomic mass is 127. The van der Waals surface area contributed by atoms with E-state index < -0.39 is 17.3 Å². The number of aliphatic hydroxyl groups excluding tert-OH is 1. The van der Waals surface area contributed by atoms with Gasteiger partial charge in [-0.1, -0.05) is 11.6 Å². The van der Waals surface area contributed by atoms with Crippen LogP contribution in [0.15, 0.2) is 18.2 Å². The van der Waals surface area contributed by atoms with Crippen molar-refractivity contribution < 1.29 is 20.1 Å². The van der Waals surface area contributed by atoms with E-state index in [4.69, 9.17) is 16.3 Å². The molecule has 5 nitrogen and oxygen atoms in total. The lowest BCUT2D eigenvalue weighted by Gasteiger charge is -2.25. The summed E-state index contributed by atoms with van der Waals surface area (Å²) in [7, 11) is 0. The van der Waals surface area contributed by atoms with Gasteiger partial charge in [-0.15, -0.1) is 0 Å². The topological polar surface area (TPSA) is 74.8 Å². The van der Waals surface area contributed by atoms with E-state index in [1.807, 2.05) is 6.92 Å². The van der Waals surface area contributed by atoms with Crippen molar-refractivity contribution in [1.29, 1.82) is 0 Å². The fourth-order valence-electron chi connectivity index (χ4n) is 3.90. The van der Waals surface area contributed by atoms with E-state index in [1.165, 1.54) is 4.57 Å². The Kier molecular flexibility index (Phi) is 3.09. The third-order valence-corrected chi connectivity index (χ3v) is 6.50. The molecule has 0 saturated carbocycles. The standard InChI is InChI=1S/C16H15ClINO4/c1-15-6-10(20)16(2,23-15)12-11(15)13(21)19(14(12)22)7-3-4-8(17)9(18)5-7/h3-5,10,20-22H,6H2,1-2H3/t10-,15+,16-/m1/s1. The normalized spacial score (nSPS) is 31.6. The number of nitrogens with zero attached hydrogens (tertiary/aromatic N) is 1. The molecule has 1 saturated heterocycles. The van der Waals surface area contributed by atoms with Gasteiger partial charge in [0.1, 0.15) is 5.60 Å². The molecule has 4 rings (SSSR count). The van der Waals surface area contributed by atoms with Crippen molar-refractivity contribution in [2.45, 2.75) is 37.6 Å². The van der Waals surface area contributed by atoms with Crippen LogP contribution in [0.4, 0.5) is 0 Å². The van der Waals surface area contributed by atoms with Gasteiger partial charge in [-0.25, -0.2) is 0 Å². The van der Waals surface area contributed by atoms with Crippen LogP contribution in [-0.2, 0) is 15.9 Å². The fraction of sp³-hybridized carbons (Fsp3) is 0.375.